The Labute approximate surface area is 114 Å². The van der Waals surface area contributed by atoms with Crippen LogP contribution in [0.15, 0.2) is 30.6 Å². The SMILES string of the molecule is CN(c1ccc(C(=O)O)cc1)c1c([N+](=O)[O-])ncn1C. The molecular weight excluding hydrogens is 264 g/mol. The molecule has 0 saturated carbocycles. The van der Waals surface area contributed by atoms with E-state index in [1.807, 2.05) is 0 Å². The van der Waals surface area contributed by atoms with Crippen molar-refractivity contribution >= 4 is 23.3 Å². The lowest BCUT2D eigenvalue weighted by atomic mass is 10.2. The highest BCUT2D eigenvalue weighted by molar-refractivity contribution is 5.88. The van der Waals surface area contributed by atoms with Gasteiger partial charge >= 0.3 is 11.8 Å². The first-order valence-corrected chi connectivity index (χ1v) is 5.64. The standard InChI is InChI=1S/C12H12N4O4/c1-14-7-13-10(16(19)20)11(14)15(2)9-5-3-8(4-6-9)12(17)18/h3-7H,1-2H3,(H,17,18). The molecule has 0 saturated heterocycles. The van der Waals surface area contributed by atoms with Crippen molar-refractivity contribution in [1.29, 1.82) is 0 Å². The number of hydrogen-bond donors (Lipinski definition) is 1. The van der Waals surface area contributed by atoms with Crippen LogP contribution in [0.2, 0.25) is 0 Å². The summed E-state index contributed by atoms with van der Waals surface area (Å²) in [7, 11) is 3.30. The molecule has 0 fully saturated rings. The van der Waals surface area contributed by atoms with Crippen LogP contribution in [0.1, 0.15) is 10.4 Å². The summed E-state index contributed by atoms with van der Waals surface area (Å²) in [5.74, 6) is -0.957. The number of carbonyl (C=O) groups is 1. The number of carboxylic acids is 1. The van der Waals surface area contributed by atoms with E-state index in [0.717, 1.165) is 0 Å². The first-order valence-electron chi connectivity index (χ1n) is 5.64. The molecule has 0 bridgehead atoms. The molecule has 2 aromatic rings. The van der Waals surface area contributed by atoms with E-state index in [1.54, 1.807) is 31.1 Å². The van der Waals surface area contributed by atoms with Gasteiger partial charge in [-0.1, -0.05) is 0 Å². The Morgan fingerprint density at radius 1 is 1.40 bits per heavy atom. The van der Waals surface area contributed by atoms with Crippen LogP contribution in [0, 0.1) is 10.1 Å². The number of benzene rings is 1. The second-order valence-electron chi connectivity index (χ2n) is 4.17. The zero-order valence-corrected chi connectivity index (χ0v) is 10.8. The molecule has 0 aliphatic rings. The van der Waals surface area contributed by atoms with Crippen LogP contribution in [-0.2, 0) is 7.05 Å². The number of rotatable bonds is 4. The van der Waals surface area contributed by atoms with Crippen molar-refractivity contribution in [2.45, 2.75) is 0 Å². The molecule has 1 heterocycles. The second kappa shape index (κ2) is 5.00. The van der Waals surface area contributed by atoms with Crippen molar-refractivity contribution in [3.63, 3.8) is 0 Å². The van der Waals surface area contributed by atoms with Crippen molar-refractivity contribution in [3.05, 3.63) is 46.3 Å². The number of nitro groups is 1. The van der Waals surface area contributed by atoms with Crippen LogP contribution in [0.25, 0.3) is 0 Å². The highest BCUT2D eigenvalue weighted by Gasteiger charge is 2.24. The van der Waals surface area contributed by atoms with Crippen molar-refractivity contribution < 1.29 is 14.8 Å². The van der Waals surface area contributed by atoms with Crippen molar-refractivity contribution in [3.8, 4) is 0 Å². The molecule has 1 N–H and O–H groups in total. The number of anilines is 2. The molecule has 2 rings (SSSR count). The zero-order chi connectivity index (χ0) is 14.9. The summed E-state index contributed by atoms with van der Waals surface area (Å²) >= 11 is 0. The van der Waals surface area contributed by atoms with Gasteiger partial charge in [0.25, 0.3) is 0 Å². The van der Waals surface area contributed by atoms with E-state index in [-0.39, 0.29) is 11.4 Å². The Kier molecular flexibility index (Phi) is 3.38. The van der Waals surface area contributed by atoms with Gasteiger partial charge in [0, 0.05) is 19.8 Å². The Balaban J connectivity index is 2.41. The van der Waals surface area contributed by atoms with Gasteiger partial charge < -0.3 is 20.1 Å². The summed E-state index contributed by atoms with van der Waals surface area (Å²) < 4.78 is 1.53. The lowest BCUT2D eigenvalue weighted by Crippen LogP contribution is -2.14. The largest absolute Gasteiger partial charge is 0.478 e. The molecule has 104 valence electrons. The number of aryl methyl sites for hydroxylation is 1. The minimum absolute atomic E-state index is 0.154. The molecule has 0 spiro atoms. The normalized spacial score (nSPS) is 10.3. The van der Waals surface area contributed by atoms with Crippen LogP contribution >= 0.6 is 0 Å². The predicted octanol–water partition coefficient (Wildman–Crippen LogP) is 1.79. The number of aromatic carboxylic acids is 1. The van der Waals surface area contributed by atoms with Gasteiger partial charge in [-0.2, -0.15) is 0 Å². The average Bonchev–Trinajstić information content (AvgIpc) is 2.80. The molecule has 0 aliphatic carbocycles. The van der Waals surface area contributed by atoms with Gasteiger partial charge in [0.2, 0.25) is 12.1 Å². The molecule has 8 heteroatoms. The lowest BCUT2D eigenvalue weighted by Gasteiger charge is -2.18. The van der Waals surface area contributed by atoms with Crippen LogP contribution < -0.4 is 4.90 Å². The monoisotopic (exact) mass is 276 g/mol. The van der Waals surface area contributed by atoms with Gasteiger partial charge in [-0.3, -0.25) is 4.57 Å². The molecule has 0 atom stereocenters. The summed E-state index contributed by atoms with van der Waals surface area (Å²) in [4.78, 5) is 26.5. The Bertz CT molecular complexity index is 663. The Morgan fingerprint density at radius 3 is 2.50 bits per heavy atom. The number of aromatic nitrogens is 2. The second-order valence-corrected chi connectivity index (χ2v) is 4.17. The quantitative estimate of drug-likeness (QED) is 0.674. The first kappa shape index (κ1) is 13.5. The van der Waals surface area contributed by atoms with E-state index < -0.39 is 10.9 Å². The van der Waals surface area contributed by atoms with E-state index in [9.17, 15) is 14.9 Å². The van der Waals surface area contributed by atoms with E-state index in [4.69, 9.17) is 5.11 Å². The Hall–Kier alpha value is -2.90. The van der Waals surface area contributed by atoms with Crippen molar-refractivity contribution in [1.82, 2.24) is 9.55 Å². The molecule has 20 heavy (non-hydrogen) atoms. The third-order valence-corrected chi connectivity index (χ3v) is 2.88. The number of nitrogens with zero attached hydrogens (tertiary/aromatic N) is 4. The molecule has 0 aliphatic heterocycles. The minimum atomic E-state index is -1.02. The summed E-state index contributed by atoms with van der Waals surface area (Å²) in [6, 6.07) is 6.05. The Morgan fingerprint density at radius 2 is 2.00 bits per heavy atom. The van der Waals surface area contributed by atoms with Gasteiger partial charge in [0.05, 0.1) is 5.56 Å². The summed E-state index contributed by atoms with van der Waals surface area (Å²) in [6.45, 7) is 0. The first-order chi connectivity index (χ1) is 9.41. The van der Waals surface area contributed by atoms with E-state index >= 15 is 0 Å². The van der Waals surface area contributed by atoms with Crippen molar-refractivity contribution in [2.75, 3.05) is 11.9 Å². The smallest absolute Gasteiger partial charge is 0.406 e. The van der Waals surface area contributed by atoms with Crippen LogP contribution in [-0.4, -0.2) is 32.6 Å². The molecule has 0 amide bonds. The van der Waals surface area contributed by atoms with Gasteiger partial charge in [-0.25, -0.2) is 4.79 Å². The third kappa shape index (κ3) is 2.30. The number of imidazole rings is 1. The molecule has 0 radical (unpaired) electrons. The number of carboxylic acid groups (broad SMARTS) is 1. The zero-order valence-electron chi connectivity index (χ0n) is 10.8. The maximum Gasteiger partial charge on any atom is 0.406 e. The fourth-order valence-electron chi connectivity index (χ4n) is 1.88. The molecule has 0 unspecified atom stereocenters. The minimum Gasteiger partial charge on any atom is -0.478 e. The third-order valence-electron chi connectivity index (χ3n) is 2.88. The fraction of sp³-hybridized carbons (Fsp3) is 0.167. The van der Waals surface area contributed by atoms with E-state index in [0.29, 0.717) is 11.5 Å². The molecule has 8 nitrogen and oxygen atoms in total. The highest BCUT2D eigenvalue weighted by Crippen LogP contribution is 2.30. The fourth-order valence-corrected chi connectivity index (χ4v) is 1.88. The molecular formula is C12H12N4O4. The van der Waals surface area contributed by atoms with Crippen molar-refractivity contribution in [2.24, 2.45) is 7.05 Å². The van der Waals surface area contributed by atoms with Gasteiger partial charge in [-0.15, -0.1) is 0 Å². The summed E-state index contributed by atoms with van der Waals surface area (Å²) in [5.41, 5.74) is 0.781. The predicted molar refractivity (Wildman–Crippen MR) is 71.3 cm³/mol. The summed E-state index contributed by atoms with van der Waals surface area (Å²) in [6.07, 6.45) is 1.36. The van der Waals surface area contributed by atoms with Crippen LogP contribution in [0.5, 0.6) is 0 Å². The molecule has 1 aromatic heterocycles. The molecule has 1 aromatic carbocycles. The van der Waals surface area contributed by atoms with Gasteiger partial charge in [-0.05, 0) is 34.2 Å². The average molecular weight is 276 g/mol. The lowest BCUT2D eigenvalue weighted by molar-refractivity contribution is -0.388. The van der Waals surface area contributed by atoms with Gasteiger partial charge in [0.15, 0.2) is 0 Å². The highest BCUT2D eigenvalue weighted by atomic mass is 16.6. The maximum absolute atomic E-state index is 10.9. The van der Waals surface area contributed by atoms with Crippen LogP contribution in [0.4, 0.5) is 17.3 Å². The van der Waals surface area contributed by atoms with E-state index in [2.05, 4.69) is 4.98 Å². The maximum atomic E-state index is 10.9. The van der Waals surface area contributed by atoms with Crippen LogP contribution in [0.3, 0.4) is 0 Å². The number of hydrogen-bond acceptors (Lipinski definition) is 5. The van der Waals surface area contributed by atoms with Gasteiger partial charge in [0.1, 0.15) is 0 Å². The van der Waals surface area contributed by atoms with E-state index in [1.165, 1.54) is 23.0 Å². The topological polar surface area (TPSA) is 102 Å². The summed E-state index contributed by atoms with van der Waals surface area (Å²) in [5, 5.41) is 19.8.